The fraction of sp³-hybridized carbons (Fsp3) is 0.0455. The molecule has 8 nitrogen and oxygen atoms in total. The third kappa shape index (κ3) is 3.20. The fourth-order valence-electron chi connectivity index (χ4n) is 3.30. The number of ether oxygens (including phenoxy) is 1. The maximum atomic E-state index is 12.9. The number of hydrogen-bond acceptors (Lipinski definition) is 6. The number of hydrazone groups is 1. The molecule has 1 aliphatic rings. The van der Waals surface area contributed by atoms with Gasteiger partial charge >= 0.3 is 0 Å². The van der Waals surface area contributed by atoms with Crippen LogP contribution in [0, 0.1) is 10.1 Å². The minimum atomic E-state index is -0.645. The highest BCUT2D eigenvalue weighted by molar-refractivity contribution is 6.26. The topological polar surface area (TPSA) is 102 Å². The average molecular weight is 401 g/mol. The van der Waals surface area contributed by atoms with Crippen LogP contribution in [0.5, 0.6) is 5.75 Å². The van der Waals surface area contributed by atoms with E-state index in [9.17, 15) is 19.7 Å². The zero-order valence-corrected chi connectivity index (χ0v) is 15.6. The lowest BCUT2D eigenvalue weighted by atomic mass is 9.94. The molecule has 2 amide bonds. The van der Waals surface area contributed by atoms with E-state index in [1.165, 1.54) is 30.5 Å². The molecule has 1 heterocycles. The zero-order valence-electron chi connectivity index (χ0n) is 15.6. The Morgan fingerprint density at radius 2 is 1.80 bits per heavy atom. The molecule has 0 unspecified atom stereocenters. The number of rotatable bonds is 6. The first kappa shape index (κ1) is 19.0. The van der Waals surface area contributed by atoms with Crippen LogP contribution in [0.15, 0.2) is 72.4 Å². The fourth-order valence-corrected chi connectivity index (χ4v) is 3.30. The average Bonchev–Trinajstić information content (AvgIpc) is 2.75. The molecule has 0 spiro atoms. The second-order valence-electron chi connectivity index (χ2n) is 6.46. The highest BCUT2D eigenvalue weighted by Crippen LogP contribution is 2.35. The summed E-state index contributed by atoms with van der Waals surface area (Å²) in [5, 5.41) is 16.7. The number of nitrogens with zero attached hydrogens (tertiary/aromatic N) is 3. The number of benzene rings is 3. The van der Waals surface area contributed by atoms with Crippen LogP contribution >= 0.6 is 0 Å². The summed E-state index contributed by atoms with van der Waals surface area (Å²) in [6.45, 7) is 3.94. The van der Waals surface area contributed by atoms with Gasteiger partial charge in [0.25, 0.3) is 17.5 Å². The Hall–Kier alpha value is -4.33. The van der Waals surface area contributed by atoms with E-state index in [4.69, 9.17) is 4.74 Å². The predicted molar refractivity (Wildman–Crippen MR) is 111 cm³/mol. The van der Waals surface area contributed by atoms with Gasteiger partial charge in [-0.25, -0.2) is 0 Å². The van der Waals surface area contributed by atoms with Crippen molar-refractivity contribution in [3.8, 4) is 5.75 Å². The third-order valence-corrected chi connectivity index (χ3v) is 4.61. The van der Waals surface area contributed by atoms with E-state index in [-0.39, 0.29) is 27.6 Å². The molecule has 0 fully saturated rings. The Labute approximate surface area is 170 Å². The number of amides is 2. The Bertz CT molecular complexity index is 1230. The minimum absolute atomic E-state index is 0.163. The van der Waals surface area contributed by atoms with Crippen molar-refractivity contribution in [1.29, 1.82) is 0 Å². The Morgan fingerprint density at radius 1 is 1.07 bits per heavy atom. The van der Waals surface area contributed by atoms with E-state index in [1.54, 1.807) is 36.4 Å². The molecule has 0 bridgehead atoms. The number of nitro groups is 1. The quantitative estimate of drug-likeness (QED) is 0.205. The second kappa shape index (κ2) is 7.59. The van der Waals surface area contributed by atoms with Crippen molar-refractivity contribution in [1.82, 2.24) is 5.01 Å². The molecule has 3 aromatic rings. The van der Waals surface area contributed by atoms with E-state index in [0.29, 0.717) is 17.9 Å². The lowest BCUT2D eigenvalue weighted by molar-refractivity contribution is -0.383. The molecule has 4 rings (SSSR count). The van der Waals surface area contributed by atoms with Crippen LogP contribution in [-0.4, -0.2) is 34.6 Å². The summed E-state index contributed by atoms with van der Waals surface area (Å²) >= 11 is 0. The van der Waals surface area contributed by atoms with E-state index in [0.717, 1.165) is 5.01 Å². The SMILES string of the molecule is C=CCOc1cccc(/C=N\N2C(=O)c3cccc4c([N+](=O)[O-])ccc(c34)C2=O)c1. The lowest BCUT2D eigenvalue weighted by Gasteiger charge is -2.23. The first-order valence-corrected chi connectivity index (χ1v) is 8.98. The second-order valence-corrected chi connectivity index (χ2v) is 6.46. The van der Waals surface area contributed by atoms with Crippen LogP contribution in [-0.2, 0) is 0 Å². The molecule has 0 saturated heterocycles. The Balaban J connectivity index is 1.72. The van der Waals surface area contributed by atoms with Gasteiger partial charge in [0.2, 0.25) is 0 Å². The molecule has 30 heavy (non-hydrogen) atoms. The largest absolute Gasteiger partial charge is 0.490 e. The first-order valence-electron chi connectivity index (χ1n) is 8.98. The molecule has 1 aliphatic heterocycles. The van der Waals surface area contributed by atoms with Gasteiger partial charge in [0.1, 0.15) is 12.4 Å². The van der Waals surface area contributed by atoms with Crippen LogP contribution in [0.2, 0.25) is 0 Å². The van der Waals surface area contributed by atoms with Crippen LogP contribution in [0.1, 0.15) is 26.3 Å². The summed E-state index contributed by atoms with van der Waals surface area (Å²) < 4.78 is 5.46. The predicted octanol–water partition coefficient (Wildman–Crippen LogP) is 3.94. The van der Waals surface area contributed by atoms with Crippen molar-refractivity contribution in [2.24, 2.45) is 5.10 Å². The van der Waals surface area contributed by atoms with E-state index in [2.05, 4.69) is 11.7 Å². The summed E-state index contributed by atoms with van der Waals surface area (Å²) in [5.74, 6) is -0.694. The molecule has 0 saturated carbocycles. The summed E-state index contributed by atoms with van der Waals surface area (Å²) in [7, 11) is 0. The lowest BCUT2D eigenvalue weighted by Crippen LogP contribution is -2.36. The van der Waals surface area contributed by atoms with Crippen LogP contribution in [0.3, 0.4) is 0 Å². The first-order chi connectivity index (χ1) is 14.5. The number of imide groups is 1. The number of carbonyl (C=O) groups is 2. The van der Waals surface area contributed by atoms with Gasteiger partial charge in [-0.2, -0.15) is 10.1 Å². The van der Waals surface area contributed by atoms with Crippen LogP contribution in [0.25, 0.3) is 10.8 Å². The Morgan fingerprint density at radius 3 is 2.53 bits per heavy atom. The van der Waals surface area contributed by atoms with Gasteiger partial charge in [0.15, 0.2) is 0 Å². The number of carbonyl (C=O) groups excluding carboxylic acids is 2. The van der Waals surface area contributed by atoms with Crippen molar-refractivity contribution in [2.75, 3.05) is 6.61 Å². The van der Waals surface area contributed by atoms with Gasteiger partial charge < -0.3 is 4.74 Å². The molecule has 8 heteroatoms. The van der Waals surface area contributed by atoms with E-state index in [1.807, 2.05) is 0 Å². The smallest absolute Gasteiger partial charge is 0.282 e. The zero-order chi connectivity index (χ0) is 21.3. The molecular formula is C22H15N3O5. The van der Waals surface area contributed by atoms with Gasteiger partial charge in [-0.1, -0.05) is 30.9 Å². The normalized spacial score (nSPS) is 13.1. The highest BCUT2D eigenvalue weighted by Gasteiger charge is 2.34. The molecular weight excluding hydrogens is 386 g/mol. The summed E-state index contributed by atoms with van der Waals surface area (Å²) in [5.41, 5.74) is 0.839. The monoisotopic (exact) mass is 401 g/mol. The third-order valence-electron chi connectivity index (χ3n) is 4.61. The van der Waals surface area contributed by atoms with Crippen molar-refractivity contribution in [3.05, 3.63) is 94.1 Å². The van der Waals surface area contributed by atoms with Gasteiger partial charge in [-0.05, 0) is 35.9 Å². The van der Waals surface area contributed by atoms with E-state index < -0.39 is 16.7 Å². The van der Waals surface area contributed by atoms with Crippen molar-refractivity contribution in [3.63, 3.8) is 0 Å². The molecule has 3 aromatic carbocycles. The standard InChI is InChI=1S/C22H15N3O5/c1-2-11-30-15-6-3-5-14(12-15)13-23-24-21(26)17-8-4-7-16-19(25(28)29)10-9-18(20(16)17)22(24)27/h2-10,12-13H,1,11H2/b23-13-. The van der Waals surface area contributed by atoms with Gasteiger partial charge in [0, 0.05) is 11.5 Å². The number of nitro benzene ring substituents is 1. The molecule has 0 radical (unpaired) electrons. The molecule has 0 aromatic heterocycles. The number of hydrogen-bond donors (Lipinski definition) is 0. The number of non-ortho nitro benzene ring substituents is 1. The van der Waals surface area contributed by atoms with E-state index >= 15 is 0 Å². The van der Waals surface area contributed by atoms with Crippen LogP contribution < -0.4 is 4.74 Å². The van der Waals surface area contributed by atoms with Crippen LogP contribution in [0.4, 0.5) is 5.69 Å². The van der Waals surface area contributed by atoms with Crippen molar-refractivity contribution < 1.29 is 19.2 Å². The van der Waals surface area contributed by atoms with Gasteiger partial charge in [-0.3, -0.25) is 19.7 Å². The van der Waals surface area contributed by atoms with Gasteiger partial charge in [-0.15, -0.1) is 0 Å². The molecule has 0 aliphatic carbocycles. The summed E-state index contributed by atoms with van der Waals surface area (Å²) in [6, 6.07) is 14.2. The van der Waals surface area contributed by atoms with Crippen molar-refractivity contribution in [2.45, 2.75) is 0 Å². The van der Waals surface area contributed by atoms with Crippen molar-refractivity contribution >= 4 is 34.5 Å². The maximum Gasteiger partial charge on any atom is 0.282 e. The molecule has 148 valence electrons. The Kier molecular flexibility index (Phi) is 4.81. The van der Waals surface area contributed by atoms with Gasteiger partial charge in [0.05, 0.1) is 27.7 Å². The summed E-state index contributed by atoms with van der Waals surface area (Å²) in [4.78, 5) is 36.6. The maximum absolute atomic E-state index is 12.9. The highest BCUT2D eigenvalue weighted by atomic mass is 16.6. The summed E-state index contributed by atoms with van der Waals surface area (Å²) in [6.07, 6.45) is 3.00. The molecule has 0 N–H and O–H groups in total. The molecule has 0 atom stereocenters. The minimum Gasteiger partial charge on any atom is -0.490 e.